The average molecular weight is 392 g/mol. The van der Waals surface area contributed by atoms with Crippen molar-refractivity contribution in [2.24, 2.45) is 4.99 Å². The van der Waals surface area contributed by atoms with Crippen LogP contribution in [0.5, 0.6) is 0 Å². The first kappa shape index (κ1) is 18.8. The highest BCUT2D eigenvalue weighted by atomic mass is 32.2. The lowest BCUT2D eigenvalue weighted by molar-refractivity contribution is -0.115. The summed E-state index contributed by atoms with van der Waals surface area (Å²) in [6, 6.07) is 12.5. The number of thioether (sulfide) groups is 1. The Balaban J connectivity index is 1.56. The van der Waals surface area contributed by atoms with E-state index in [1.165, 1.54) is 41.4 Å². The number of amides is 1. The van der Waals surface area contributed by atoms with Crippen molar-refractivity contribution < 1.29 is 4.79 Å². The van der Waals surface area contributed by atoms with Crippen LogP contribution in [0.1, 0.15) is 35.1 Å². The molecular weight excluding hydrogens is 366 g/mol. The maximum absolute atomic E-state index is 12.4. The molecule has 0 radical (unpaired) electrons. The summed E-state index contributed by atoms with van der Waals surface area (Å²) in [5.74, 6) is -0.0860. The number of aryl methyl sites for hydroxylation is 2. The van der Waals surface area contributed by atoms with Crippen LogP contribution in [0, 0.1) is 20.8 Å². The molecular formula is C23H25N3OS. The van der Waals surface area contributed by atoms with Gasteiger partial charge in [0.15, 0.2) is 5.17 Å². The lowest BCUT2D eigenvalue weighted by atomic mass is 10.1. The third-order valence-corrected chi connectivity index (χ3v) is 6.37. The van der Waals surface area contributed by atoms with Gasteiger partial charge in [0.25, 0.3) is 5.91 Å². The molecule has 2 aliphatic heterocycles. The molecule has 4 nitrogen and oxygen atoms in total. The van der Waals surface area contributed by atoms with Gasteiger partial charge in [0.2, 0.25) is 0 Å². The fourth-order valence-corrected chi connectivity index (χ4v) is 4.41. The molecule has 2 aromatic carbocycles. The molecule has 2 aliphatic rings. The van der Waals surface area contributed by atoms with Gasteiger partial charge in [-0.1, -0.05) is 18.2 Å². The Morgan fingerprint density at radius 3 is 2.61 bits per heavy atom. The SMILES string of the molecule is Cc1cc(N2CCCC2)ccc1/C=C1\SC(=Nc2cccc(C)c2C)NC1=O. The molecule has 144 valence electrons. The number of amidine groups is 1. The smallest absolute Gasteiger partial charge is 0.264 e. The number of benzene rings is 2. The molecule has 2 heterocycles. The maximum atomic E-state index is 12.4. The van der Waals surface area contributed by atoms with Gasteiger partial charge in [-0.05, 0) is 91.9 Å². The Labute approximate surface area is 170 Å². The van der Waals surface area contributed by atoms with Crippen molar-refractivity contribution in [1.29, 1.82) is 0 Å². The first-order chi connectivity index (χ1) is 13.5. The van der Waals surface area contributed by atoms with E-state index >= 15 is 0 Å². The Kier molecular flexibility index (Phi) is 5.27. The molecule has 0 aliphatic carbocycles. The second-order valence-corrected chi connectivity index (χ2v) is 8.47. The molecule has 0 atom stereocenters. The van der Waals surface area contributed by atoms with Gasteiger partial charge < -0.3 is 10.2 Å². The molecule has 0 saturated carbocycles. The van der Waals surface area contributed by atoms with Crippen molar-refractivity contribution >= 4 is 40.3 Å². The van der Waals surface area contributed by atoms with Crippen molar-refractivity contribution in [3.8, 4) is 0 Å². The number of hydrogen-bond acceptors (Lipinski definition) is 4. The van der Waals surface area contributed by atoms with Crippen molar-refractivity contribution in [3.05, 3.63) is 63.6 Å². The van der Waals surface area contributed by atoms with Crippen LogP contribution in [0.4, 0.5) is 11.4 Å². The molecule has 0 bridgehead atoms. The van der Waals surface area contributed by atoms with Crippen LogP contribution in [-0.2, 0) is 4.79 Å². The molecule has 2 fully saturated rings. The molecule has 2 aromatic rings. The molecule has 1 N–H and O–H groups in total. The average Bonchev–Trinajstić information content (AvgIpc) is 3.31. The Morgan fingerprint density at radius 2 is 1.86 bits per heavy atom. The minimum atomic E-state index is -0.0860. The predicted molar refractivity (Wildman–Crippen MR) is 119 cm³/mol. The number of hydrogen-bond donors (Lipinski definition) is 1. The van der Waals surface area contributed by atoms with E-state index in [4.69, 9.17) is 0 Å². The van der Waals surface area contributed by atoms with Crippen molar-refractivity contribution in [1.82, 2.24) is 5.32 Å². The minimum absolute atomic E-state index is 0.0860. The topological polar surface area (TPSA) is 44.7 Å². The van der Waals surface area contributed by atoms with Crippen molar-refractivity contribution in [3.63, 3.8) is 0 Å². The summed E-state index contributed by atoms with van der Waals surface area (Å²) in [5, 5.41) is 3.53. The van der Waals surface area contributed by atoms with Gasteiger partial charge in [-0.3, -0.25) is 4.79 Å². The summed E-state index contributed by atoms with van der Waals surface area (Å²) in [5.41, 5.74) is 6.77. The van der Waals surface area contributed by atoms with E-state index in [1.54, 1.807) is 0 Å². The highest BCUT2D eigenvalue weighted by Crippen LogP contribution is 2.31. The zero-order valence-corrected chi connectivity index (χ0v) is 17.4. The Hall–Kier alpha value is -2.53. The van der Waals surface area contributed by atoms with Crippen LogP contribution >= 0.6 is 11.8 Å². The van der Waals surface area contributed by atoms with E-state index in [2.05, 4.69) is 60.2 Å². The van der Waals surface area contributed by atoms with E-state index in [-0.39, 0.29) is 5.91 Å². The number of aliphatic imine (C=N–C) groups is 1. The van der Waals surface area contributed by atoms with Crippen LogP contribution in [0.25, 0.3) is 6.08 Å². The van der Waals surface area contributed by atoms with Gasteiger partial charge in [-0.15, -0.1) is 0 Å². The van der Waals surface area contributed by atoms with Crippen LogP contribution in [0.3, 0.4) is 0 Å². The molecule has 4 rings (SSSR count). The van der Waals surface area contributed by atoms with Crippen molar-refractivity contribution in [2.45, 2.75) is 33.6 Å². The quantitative estimate of drug-likeness (QED) is 0.740. The first-order valence-electron chi connectivity index (χ1n) is 9.73. The van der Waals surface area contributed by atoms with Crippen molar-refractivity contribution in [2.75, 3.05) is 18.0 Å². The first-order valence-corrected chi connectivity index (χ1v) is 10.5. The maximum Gasteiger partial charge on any atom is 0.264 e. The summed E-state index contributed by atoms with van der Waals surface area (Å²) in [4.78, 5) is 20.2. The Morgan fingerprint density at radius 1 is 1.07 bits per heavy atom. The van der Waals surface area contributed by atoms with E-state index in [0.29, 0.717) is 10.1 Å². The third-order valence-electron chi connectivity index (χ3n) is 5.46. The summed E-state index contributed by atoms with van der Waals surface area (Å²) in [7, 11) is 0. The second kappa shape index (κ2) is 7.84. The summed E-state index contributed by atoms with van der Waals surface area (Å²) in [6.07, 6.45) is 4.50. The normalized spacial score (nSPS) is 19.7. The summed E-state index contributed by atoms with van der Waals surface area (Å²) >= 11 is 1.40. The highest BCUT2D eigenvalue weighted by molar-refractivity contribution is 8.18. The predicted octanol–water partition coefficient (Wildman–Crippen LogP) is 5.10. The van der Waals surface area contributed by atoms with E-state index < -0.39 is 0 Å². The lowest BCUT2D eigenvalue weighted by Crippen LogP contribution is -2.19. The molecule has 0 spiro atoms. The van der Waals surface area contributed by atoms with Crippen LogP contribution in [0.2, 0.25) is 0 Å². The summed E-state index contributed by atoms with van der Waals surface area (Å²) in [6.45, 7) is 8.50. The fraction of sp³-hybridized carbons (Fsp3) is 0.304. The van der Waals surface area contributed by atoms with E-state index in [1.807, 2.05) is 18.2 Å². The zero-order valence-electron chi connectivity index (χ0n) is 16.6. The monoisotopic (exact) mass is 391 g/mol. The van der Waals surface area contributed by atoms with E-state index in [9.17, 15) is 4.79 Å². The number of anilines is 1. The number of carbonyl (C=O) groups excluding carboxylic acids is 1. The molecule has 2 saturated heterocycles. The molecule has 0 aromatic heterocycles. The number of nitrogens with zero attached hydrogens (tertiary/aromatic N) is 2. The molecule has 28 heavy (non-hydrogen) atoms. The standard InChI is InChI=1S/C23H25N3OS/c1-15-7-6-8-20(17(15)3)24-23-25-22(27)21(28-23)14-18-9-10-19(13-16(18)2)26-11-4-5-12-26/h6-10,13-14H,4-5,11-12H2,1-3H3,(H,24,25,27)/b21-14-. The number of carbonyl (C=O) groups is 1. The van der Waals surface area contributed by atoms with Gasteiger partial charge in [0, 0.05) is 18.8 Å². The van der Waals surface area contributed by atoms with Gasteiger partial charge in [-0.25, -0.2) is 4.99 Å². The van der Waals surface area contributed by atoms with Gasteiger partial charge >= 0.3 is 0 Å². The Bertz CT molecular complexity index is 987. The third kappa shape index (κ3) is 3.85. The van der Waals surface area contributed by atoms with E-state index in [0.717, 1.165) is 29.9 Å². The van der Waals surface area contributed by atoms with Crippen LogP contribution in [-0.4, -0.2) is 24.2 Å². The molecule has 5 heteroatoms. The molecule has 1 amide bonds. The van der Waals surface area contributed by atoms with Gasteiger partial charge in [0.05, 0.1) is 10.6 Å². The fourth-order valence-electron chi connectivity index (χ4n) is 3.58. The lowest BCUT2D eigenvalue weighted by Gasteiger charge is -2.18. The van der Waals surface area contributed by atoms with Gasteiger partial charge in [0.1, 0.15) is 0 Å². The minimum Gasteiger partial charge on any atom is -0.372 e. The van der Waals surface area contributed by atoms with Crippen LogP contribution < -0.4 is 10.2 Å². The largest absolute Gasteiger partial charge is 0.372 e. The molecule has 0 unspecified atom stereocenters. The number of nitrogens with one attached hydrogen (secondary N) is 1. The number of rotatable bonds is 3. The summed E-state index contributed by atoms with van der Waals surface area (Å²) < 4.78 is 0. The highest BCUT2D eigenvalue weighted by Gasteiger charge is 2.24. The van der Waals surface area contributed by atoms with Gasteiger partial charge in [-0.2, -0.15) is 0 Å². The van der Waals surface area contributed by atoms with Crippen LogP contribution in [0.15, 0.2) is 46.3 Å². The second-order valence-electron chi connectivity index (χ2n) is 7.44. The zero-order chi connectivity index (χ0) is 19.7.